The average Bonchev–Trinajstić information content (AvgIpc) is 1.41. The van der Waals surface area contributed by atoms with Crippen LogP contribution in [-0.4, -0.2) is 226 Å². The molecule has 0 saturated heterocycles. The second-order valence-corrected chi connectivity index (χ2v) is 4.02. The summed E-state index contributed by atoms with van der Waals surface area (Å²) in [5, 5.41) is 0. The molecule has 0 unspecified atom stereocenters. The topological polar surface area (TPSA) is 259 Å². The van der Waals surface area contributed by atoms with Crippen molar-refractivity contribution in [2.24, 2.45) is 0 Å². The summed E-state index contributed by atoms with van der Waals surface area (Å²) in [5.74, 6) is 0. The second-order valence-electron chi connectivity index (χ2n) is 1.34. The minimum atomic E-state index is -5.39. The normalized spacial score (nSPS) is 8.43. The Labute approximate surface area is 299 Å². The molecular formula is Ca6O12P3. The molecule has 0 saturated carbocycles. The van der Waals surface area contributed by atoms with Gasteiger partial charge in [-0.15, -0.1) is 0 Å². The van der Waals surface area contributed by atoms with Crippen molar-refractivity contribution >= 4 is 250 Å². The largest absolute Gasteiger partial charge is 2.00 e. The Hall–Kier alpha value is 7.89. The molecule has 0 aromatic rings. The van der Waals surface area contributed by atoms with Gasteiger partial charge in [0.05, 0.1) is 0 Å². The molecule has 0 aromatic heterocycles. The molecule has 21 heavy (non-hydrogen) atoms. The molecule has 3 radical (unpaired) electrons. The van der Waals surface area contributed by atoms with Crippen molar-refractivity contribution in [2.75, 3.05) is 0 Å². The van der Waals surface area contributed by atoms with Gasteiger partial charge in [-0.05, 0) is 0 Å². The smallest absolute Gasteiger partial charge is 0.822 e. The third kappa shape index (κ3) is 300. The number of hydrogen-bond donors (Lipinski definition) is 0. The van der Waals surface area contributed by atoms with Crippen LogP contribution in [0.15, 0.2) is 0 Å². The molecule has 12 nitrogen and oxygen atoms in total. The Morgan fingerprint density at radius 1 is 0.381 bits per heavy atom. The van der Waals surface area contributed by atoms with Crippen LogP contribution in [0.25, 0.3) is 0 Å². The molecule has 0 aliphatic heterocycles. The van der Waals surface area contributed by atoms with Crippen LogP contribution in [-0.2, 0) is 13.7 Å². The van der Waals surface area contributed by atoms with Gasteiger partial charge in [-0.2, -0.15) is 23.5 Å². The molecule has 0 amide bonds. The Morgan fingerprint density at radius 2 is 0.381 bits per heavy atom. The predicted octanol–water partition coefficient (Wildman–Crippen LogP) is -10.8. The van der Waals surface area contributed by atoms with E-state index in [2.05, 4.69) is 0 Å². The van der Waals surface area contributed by atoms with E-state index >= 15 is 0 Å². The van der Waals surface area contributed by atoms with E-state index in [0.717, 1.165) is 0 Å². The van der Waals surface area contributed by atoms with Gasteiger partial charge >= 0.3 is 226 Å². The summed E-state index contributed by atoms with van der Waals surface area (Å²) in [6.07, 6.45) is 0. The van der Waals surface area contributed by atoms with Gasteiger partial charge < -0.3 is 57.7 Å². The SMILES string of the molecule is O=P([O-])([O-])[O-].O=P([O-])([O-])[O-].O=P([O-])([O-])[O-].[Ca+2].[Ca+2].[Ca+2].[Ca+].[Ca+].[Ca+]. The Kier molecular flexibility index (Phi) is 81.4. The summed E-state index contributed by atoms with van der Waals surface area (Å²) < 4.78 is 25.6. The molecule has 0 aromatic carbocycles. The molecular weight excluding hydrogens is 525 g/mol. The van der Waals surface area contributed by atoms with Crippen LogP contribution in [0.1, 0.15) is 0 Å². The van der Waals surface area contributed by atoms with Gasteiger partial charge in [0, 0.05) is 0 Å². The van der Waals surface area contributed by atoms with E-state index in [9.17, 15) is 0 Å². The van der Waals surface area contributed by atoms with Crippen LogP contribution in [0.3, 0.4) is 0 Å². The first-order chi connectivity index (χ1) is 6.00. The van der Waals surface area contributed by atoms with Gasteiger partial charge in [-0.3, -0.25) is 0 Å². The van der Waals surface area contributed by atoms with Crippen LogP contribution in [0.5, 0.6) is 0 Å². The Bertz CT molecular complexity index is 215. The van der Waals surface area contributed by atoms with Gasteiger partial charge in [-0.1, -0.05) is 0 Å². The van der Waals surface area contributed by atoms with Crippen LogP contribution in [0.2, 0.25) is 0 Å². The van der Waals surface area contributed by atoms with E-state index in [0.29, 0.717) is 0 Å². The van der Waals surface area contributed by atoms with E-state index in [4.69, 9.17) is 57.7 Å². The van der Waals surface area contributed by atoms with Gasteiger partial charge in [-0.25, -0.2) is 0 Å². The molecule has 21 heteroatoms. The maximum absolute atomic E-state index is 8.55. The fourth-order valence-corrected chi connectivity index (χ4v) is 0. The number of phosphoric acid groups is 3. The van der Waals surface area contributed by atoms with Crippen LogP contribution < -0.4 is 44.0 Å². The zero-order chi connectivity index (χ0) is 13.5. The van der Waals surface area contributed by atoms with Crippen molar-refractivity contribution in [3.05, 3.63) is 0 Å². The third-order valence-corrected chi connectivity index (χ3v) is 0. The van der Waals surface area contributed by atoms with Crippen molar-refractivity contribution < 1.29 is 57.7 Å². The van der Waals surface area contributed by atoms with E-state index in [1.807, 2.05) is 0 Å². The van der Waals surface area contributed by atoms with Crippen LogP contribution in [0.4, 0.5) is 0 Å². The number of hydrogen-bond acceptors (Lipinski definition) is 12. The summed E-state index contributed by atoms with van der Waals surface area (Å²) >= 11 is 0. The molecule has 0 aliphatic rings. The average molecular weight is 525 g/mol. The van der Waals surface area contributed by atoms with E-state index in [1.54, 1.807) is 0 Å². The summed E-state index contributed by atoms with van der Waals surface area (Å²) in [6.45, 7) is 0. The second kappa shape index (κ2) is 30.1. The van der Waals surface area contributed by atoms with Crippen molar-refractivity contribution in [1.29, 1.82) is 0 Å². The van der Waals surface area contributed by atoms with Crippen LogP contribution in [0, 0.1) is 0 Å². The fourth-order valence-electron chi connectivity index (χ4n) is 0. The van der Waals surface area contributed by atoms with Crippen molar-refractivity contribution in [1.82, 2.24) is 0 Å². The molecule has 0 N–H and O–H groups in total. The molecule has 0 rings (SSSR count). The predicted molar refractivity (Wildman–Crippen MR) is 57.3 cm³/mol. The molecule has 0 atom stereocenters. The minimum absolute atomic E-state index is 0. The van der Waals surface area contributed by atoms with E-state index in [-0.39, 0.29) is 226 Å². The molecule has 0 fully saturated rings. The Balaban J connectivity index is -0.0000000129. The first kappa shape index (κ1) is 56.8. The van der Waals surface area contributed by atoms with E-state index < -0.39 is 23.5 Å². The third-order valence-electron chi connectivity index (χ3n) is 0. The van der Waals surface area contributed by atoms with Crippen LogP contribution >= 0.6 is 23.5 Å². The standard InChI is InChI=1S/6Ca.3H3O4P/c;;;;;;3*1-5(2,3)4/h;;;;;;3*(H3,1,2,3,4)/q3*+1;3*+2;;;/p-9. The summed E-state index contributed by atoms with van der Waals surface area (Å²) in [7, 11) is -16.2. The first-order valence-electron chi connectivity index (χ1n) is 2.19. The first-order valence-corrected chi connectivity index (χ1v) is 6.57. The van der Waals surface area contributed by atoms with Crippen molar-refractivity contribution in [3.8, 4) is 0 Å². The Morgan fingerprint density at radius 3 is 0.381 bits per heavy atom. The zero-order valence-electron chi connectivity index (χ0n) is 10.5. The van der Waals surface area contributed by atoms with Gasteiger partial charge in [0.15, 0.2) is 0 Å². The van der Waals surface area contributed by atoms with Gasteiger partial charge in [0.2, 0.25) is 0 Å². The summed E-state index contributed by atoms with van der Waals surface area (Å²) in [5.41, 5.74) is 0. The molecule has 0 heterocycles. The maximum atomic E-state index is 8.55. The fraction of sp³-hybridized carbons (Fsp3) is 0. The quantitative estimate of drug-likeness (QED) is 0.211. The van der Waals surface area contributed by atoms with Crippen molar-refractivity contribution in [2.45, 2.75) is 0 Å². The number of rotatable bonds is 0. The zero-order valence-corrected chi connectivity index (χ0v) is 26.4. The molecule has 0 spiro atoms. The maximum Gasteiger partial charge on any atom is 2.00 e. The summed E-state index contributed by atoms with van der Waals surface area (Å²) in [6, 6.07) is 0. The summed E-state index contributed by atoms with van der Waals surface area (Å²) in [4.78, 5) is 76.9. The van der Waals surface area contributed by atoms with Gasteiger partial charge in [0.1, 0.15) is 0 Å². The molecule has 0 bridgehead atoms. The molecule has 0 aliphatic carbocycles. The minimum Gasteiger partial charge on any atom is -0.822 e. The van der Waals surface area contributed by atoms with Gasteiger partial charge in [0.25, 0.3) is 0 Å². The molecule has 99 valence electrons. The van der Waals surface area contributed by atoms with Crippen molar-refractivity contribution in [3.63, 3.8) is 0 Å². The van der Waals surface area contributed by atoms with E-state index in [1.165, 1.54) is 0 Å². The monoisotopic (exact) mass is 525 g/mol.